The molecule has 0 spiro atoms. The highest BCUT2D eigenvalue weighted by molar-refractivity contribution is 6.04. The van der Waals surface area contributed by atoms with Crippen LogP contribution in [0.15, 0.2) is 60.9 Å². The molecule has 0 saturated heterocycles. The summed E-state index contributed by atoms with van der Waals surface area (Å²) in [6.07, 6.45) is 2.84. The second-order valence-corrected chi connectivity index (χ2v) is 11.1. The number of carbonyl (C=O) groups is 3. The minimum Gasteiger partial charge on any atom is -0.394 e. The summed E-state index contributed by atoms with van der Waals surface area (Å²) in [5, 5.41) is 26.4. The number of nitrogens with zero attached hydrogens (tertiary/aromatic N) is 2. The summed E-state index contributed by atoms with van der Waals surface area (Å²) in [4.78, 5) is 42.3. The fourth-order valence-electron chi connectivity index (χ4n) is 3.99. The summed E-state index contributed by atoms with van der Waals surface area (Å²) in [5.74, 6) is -3.40. The van der Waals surface area contributed by atoms with E-state index >= 15 is 0 Å². The lowest BCUT2D eigenvalue weighted by atomic mass is 10.0. The minimum atomic E-state index is -0.918. The van der Waals surface area contributed by atoms with Gasteiger partial charge in [-0.1, -0.05) is 6.07 Å². The lowest BCUT2D eigenvalue weighted by Gasteiger charge is -2.23. The highest BCUT2D eigenvalue weighted by atomic mass is 19.1. The number of pyridine rings is 1. The number of aromatic nitrogens is 2. The van der Waals surface area contributed by atoms with E-state index in [2.05, 4.69) is 20.9 Å². The second kappa shape index (κ2) is 11.7. The van der Waals surface area contributed by atoms with E-state index in [0.29, 0.717) is 16.8 Å². The Hall–Kier alpha value is -4.68. The third-order valence-electron chi connectivity index (χ3n) is 6.46. The average molecular weight is 580 g/mol. The normalized spacial score (nSPS) is 11.8. The summed E-state index contributed by atoms with van der Waals surface area (Å²) < 4.78 is 30.8. The first-order valence-corrected chi connectivity index (χ1v) is 13.0. The van der Waals surface area contributed by atoms with E-state index in [-0.39, 0.29) is 35.7 Å². The smallest absolute Gasteiger partial charge is 0.274 e. The molecular formula is C30H31F2N5O5. The molecule has 5 N–H and O–H groups in total. The number of aliphatic hydroxyl groups excluding tert-OH is 2. The van der Waals surface area contributed by atoms with Crippen molar-refractivity contribution in [2.75, 3.05) is 18.5 Å². The van der Waals surface area contributed by atoms with E-state index in [0.717, 1.165) is 6.07 Å². The van der Waals surface area contributed by atoms with Gasteiger partial charge in [0.1, 0.15) is 23.0 Å². The Morgan fingerprint density at radius 3 is 2.10 bits per heavy atom. The first-order valence-electron chi connectivity index (χ1n) is 13.0. The van der Waals surface area contributed by atoms with Gasteiger partial charge in [0.2, 0.25) is 0 Å². The topological polar surface area (TPSA) is 145 Å². The number of fused-ring (bicyclic) bond motifs is 1. The van der Waals surface area contributed by atoms with Gasteiger partial charge in [-0.05, 0) is 81.3 Å². The molecule has 0 unspecified atom stereocenters. The van der Waals surface area contributed by atoms with Crippen LogP contribution in [0.1, 0.15) is 58.9 Å². The maximum atomic E-state index is 14.8. The maximum absolute atomic E-state index is 14.8. The fraction of sp³-hybridized carbons (Fsp3) is 0.267. The summed E-state index contributed by atoms with van der Waals surface area (Å²) in [5.41, 5.74) is -0.663. The molecule has 2 heterocycles. The van der Waals surface area contributed by atoms with Crippen molar-refractivity contribution in [3.05, 3.63) is 89.4 Å². The van der Waals surface area contributed by atoms with Gasteiger partial charge in [0.15, 0.2) is 0 Å². The zero-order valence-corrected chi connectivity index (χ0v) is 23.5. The number of halogens is 2. The van der Waals surface area contributed by atoms with Crippen LogP contribution in [0, 0.1) is 11.6 Å². The SMILES string of the molecule is CC(C)(CO)NC(=O)c1ccc(F)c(NC(=O)c2cnc3cc(-c4ccc(C(=O)NC(C)(C)CO)c(F)c4)ccn23)c1. The molecule has 0 atom stereocenters. The standard InChI is InChI=1S/C30H31F2N5O5/c1-29(2,15-38)35-26(40)19-6-8-21(31)23(12-19)34-28(42)24-14-33-25-13-18(9-10-37(24)25)17-5-7-20(22(32)11-17)27(41)36-30(3,4)16-39/h5-14,38-39H,15-16H2,1-4H3,(H,34,42)(H,35,40)(H,36,41). The van der Waals surface area contributed by atoms with Gasteiger partial charge in [-0.3, -0.25) is 18.8 Å². The molecule has 0 aliphatic heterocycles. The summed E-state index contributed by atoms with van der Waals surface area (Å²) in [6, 6.07) is 10.9. The quantitative estimate of drug-likeness (QED) is 0.205. The molecule has 4 aromatic rings. The van der Waals surface area contributed by atoms with Crippen molar-refractivity contribution < 1.29 is 33.4 Å². The molecule has 0 aliphatic rings. The number of carbonyl (C=O) groups excluding carboxylic acids is 3. The van der Waals surface area contributed by atoms with Crippen molar-refractivity contribution in [2.45, 2.75) is 38.8 Å². The van der Waals surface area contributed by atoms with E-state index in [4.69, 9.17) is 0 Å². The molecule has 0 aliphatic carbocycles. The van der Waals surface area contributed by atoms with Gasteiger partial charge in [-0.2, -0.15) is 0 Å². The number of benzene rings is 2. The van der Waals surface area contributed by atoms with Crippen molar-refractivity contribution in [3.63, 3.8) is 0 Å². The van der Waals surface area contributed by atoms with Crippen LogP contribution in [0.4, 0.5) is 14.5 Å². The zero-order valence-electron chi connectivity index (χ0n) is 23.5. The van der Waals surface area contributed by atoms with Crippen LogP contribution < -0.4 is 16.0 Å². The number of hydrogen-bond donors (Lipinski definition) is 5. The predicted molar refractivity (Wildman–Crippen MR) is 152 cm³/mol. The van der Waals surface area contributed by atoms with Gasteiger partial charge in [-0.15, -0.1) is 0 Å². The highest BCUT2D eigenvalue weighted by Crippen LogP contribution is 2.25. The number of aliphatic hydroxyl groups is 2. The molecule has 0 radical (unpaired) electrons. The van der Waals surface area contributed by atoms with Crippen molar-refractivity contribution in [1.29, 1.82) is 0 Å². The lowest BCUT2D eigenvalue weighted by Crippen LogP contribution is -2.46. The van der Waals surface area contributed by atoms with Gasteiger partial charge in [-0.25, -0.2) is 13.8 Å². The number of hydrogen-bond acceptors (Lipinski definition) is 6. The number of rotatable bonds is 9. The maximum Gasteiger partial charge on any atom is 0.274 e. The average Bonchev–Trinajstić information content (AvgIpc) is 3.37. The monoisotopic (exact) mass is 579 g/mol. The second-order valence-electron chi connectivity index (χ2n) is 11.1. The first-order chi connectivity index (χ1) is 19.7. The van der Waals surface area contributed by atoms with Crippen LogP contribution in [0.25, 0.3) is 16.8 Å². The molecule has 0 saturated carbocycles. The molecule has 2 aromatic heterocycles. The fourth-order valence-corrected chi connectivity index (χ4v) is 3.99. The van der Waals surface area contributed by atoms with E-state index < -0.39 is 40.4 Å². The van der Waals surface area contributed by atoms with Crippen LogP contribution in [-0.2, 0) is 0 Å². The number of amides is 3. The number of nitrogens with one attached hydrogen (secondary N) is 3. The molecule has 220 valence electrons. The molecule has 2 aromatic carbocycles. The van der Waals surface area contributed by atoms with E-state index in [9.17, 15) is 33.4 Å². The van der Waals surface area contributed by atoms with Crippen molar-refractivity contribution in [3.8, 4) is 11.1 Å². The molecule has 12 heteroatoms. The third-order valence-corrected chi connectivity index (χ3v) is 6.46. The van der Waals surface area contributed by atoms with Gasteiger partial charge in [0, 0.05) is 11.8 Å². The Morgan fingerprint density at radius 1 is 0.810 bits per heavy atom. The largest absolute Gasteiger partial charge is 0.394 e. The van der Waals surface area contributed by atoms with Gasteiger partial charge >= 0.3 is 0 Å². The van der Waals surface area contributed by atoms with Crippen molar-refractivity contribution in [2.24, 2.45) is 0 Å². The Morgan fingerprint density at radius 2 is 1.45 bits per heavy atom. The number of imidazole rings is 1. The Kier molecular flexibility index (Phi) is 8.41. The summed E-state index contributed by atoms with van der Waals surface area (Å²) >= 11 is 0. The molecule has 10 nitrogen and oxygen atoms in total. The molecule has 0 fully saturated rings. The van der Waals surface area contributed by atoms with Crippen LogP contribution in [0.2, 0.25) is 0 Å². The molecule has 4 rings (SSSR count). The van der Waals surface area contributed by atoms with E-state index in [1.165, 1.54) is 34.9 Å². The van der Waals surface area contributed by atoms with Crippen molar-refractivity contribution in [1.82, 2.24) is 20.0 Å². The summed E-state index contributed by atoms with van der Waals surface area (Å²) in [6.45, 7) is 5.85. The summed E-state index contributed by atoms with van der Waals surface area (Å²) in [7, 11) is 0. The van der Waals surface area contributed by atoms with Crippen molar-refractivity contribution >= 4 is 29.1 Å². The van der Waals surface area contributed by atoms with Gasteiger partial charge in [0.05, 0.1) is 41.7 Å². The first kappa shape index (κ1) is 30.3. The Labute approximate surface area is 240 Å². The van der Waals surface area contributed by atoms with Gasteiger partial charge in [0.25, 0.3) is 17.7 Å². The highest BCUT2D eigenvalue weighted by Gasteiger charge is 2.23. The zero-order chi connectivity index (χ0) is 30.8. The minimum absolute atomic E-state index is 0.0805. The molecule has 3 amide bonds. The van der Waals surface area contributed by atoms with Crippen LogP contribution in [-0.4, -0.2) is 61.6 Å². The molecular weight excluding hydrogens is 548 g/mol. The van der Waals surface area contributed by atoms with Crippen LogP contribution in [0.5, 0.6) is 0 Å². The third kappa shape index (κ3) is 6.61. The van der Waals surface area contributed by atoms with E-state index in [1.807, 2.05) is 0 Å². The molecule has 42 heavy (non-hydrogen) atoms. The Balaban J connectivity index is 1.54. The van der Waals surface area contributed by atoms with Gasteiger partial charge < -0.3 is 26.2 Å². The predicted octanol–water partition coefficient (Wildman–Crippen LogP) is 3.53. The molecule has 0 bridgehead atoms. The van der Waals surface area contributed by atoms with Crippen LogP contribution in [0.3, 0.4) is 0 Å². The Bertz CT molecular complexity index is 1680. The number of anilines is 1. The lowest BCUT2D eigenvalue weighted by molar-refractivity contribution is 0.0859. The van der Waals surface area contributed by atoms with E-state index in [1.54, 1.807) is 52.1 Å². The van der Waals surface area contributed by atoms with Crippen LogP contribution >= 0.6 is 0 Å².